The number of ether oxygens (including phenoxy) is 2. The summed E-state index contributed by atoms with van der Waals surface area (Å²) in [4.78, 5) is 13.4. The van der Waals surface area contributed by atoms with Crippen molar-refractivity contribution < 1.29 is 18.3 Å². The van der Waals surface area contributed by atoms with Crippen LogP contribution in [-0.4, -0.2) is 53.9 Å². The van der Waals surface area contributed by atoms with E-state index in [9.17, 15) is 8.78 Å². The quantitative estimate of drug-likeness (QED) is 0.633. The third-order valence-corrected chi connectivity index (χ3v) is 4.33. The monoisotopic (exact) mass is 421 g/mol. The first-order chi connectivity index (χ1) is 13.7. The van der Waals surface area contributed by atoms with E-state index in [0.717, 1.165) is 18.7 Å². The largest absolute Gasteiger partial charge is 0.435 e. The molecule has 1 fully saturated rings. The van der Waals surface area contributed by atoms with Crippen molar-refractivity contribution in [2.45, 2.75) is 12.7 Å². The molecule has 0 saturated carbocycles. The zero-order valence-corrected chi connectivity index (χ0v) is 16.4. The lowest BCUT2D eigenvalue weighted by molar-refractivity contribution is -0.0498. The lowest BCUT2D eigenvalue weighted by Crippen LogP contribution is -2.42. The van der Waals surface area contributed by atoms with Crippen molar-refractivity contribution >= 4 is 30.3 Å². The van der Waals surface area contributed by atoms with Crippen molar-refractivity contribution in [1.82, 2.24) is 20.3 Å². The SMILES string of the molecule is FC(F)Oc1ccc(-c2cc3nccnc3c(NC[C@@H]3CNCCO3)n2)cc1.S. The third-order valence-electron chi connectivity index (χ3n) is 4.33. The number of aromatic nitrogens is 3. The van der Waals surface area contributed by atoms with Gasteiger partial charge >= 0.3 is 6.61 Å². The predicted octanol–water partition coefficient (Wildman–Crippen LogP) is 2.81. The summed E-state index contributed by atoms with van der Waals surface area (Å²) in [6.45, 7) is 0.0161. The second-order valence-electron chi connectivity index (χ2n) is 6.26. The van der Waals surface area contributed by atoms with Gasteiger partial charge in [-0.05, 0) is 30.3 Å². The third kappa shape index (κ3) is 5.28. The second-order valence-corrected chi connectivity index (χ2v) is 6.26. The number of morpholine rings is 1. The van der Waals surface area contributed by atoms with Crippen LogP contribution in [0.15, 0.2) is 42.7 Å². The molecule has 1 saturated heterocycles. The van der Waals surface area contributed by atoms with Crippen LogP contribution in [0.5, 0.6) is 5.75 Å². The highest BCUT2D eigenvalue weighted by Crippen LogP contribution is 2.27. The molecule has 154 valence electrons. The van der Waals surface area contributed by atoms with Crippen molar-refractivity contribution in [3.63, 3.8) is 0 Å². The number of fused-ring (bicyclic) bond motifs is 1. The van der Waals surface area contributed by atoms with E-state index in [1.54, 1.807) is 24.5 Å². The van der Waals surface area contributed by atoms with E-state index in [1.807, 2.05) is 6.07 Å². The molecule has 0 aliphatic carbocycles. The fraction of sp³-hybridized carbons (Fsp3) is 0.316. The molecule has 1 aliphatic heterocycles. The van der Waals surface area contributed by atoms with Gasteiger partial charge in [-0.1, -0.05) is 0 Å². The Morgan fingerprint density at radius 1 is 1.21 bits per heavy atom. The number of anilines is 1. The van der Waals surface area contributed by atoms with Crippen molar-refractivity contribution in [3.05, 3.63) is 42.7 Å². The highest BCUT2D eigenvalue weighted by Gasteiger charge is 2.15. The average Bonchev–Trinajstić information content (AvgIpc) is 2.73. The summed E-state index contributed by atoms with van der Waals surface area (Å²) in [5.74, 6) is 0.697. The van der Waals surface area contributed by atoms with Gasteiger partial charge in [-0.3, -0.25) is 4.98 Å². The first-order valence-corrected chi connectivity index (χ1v) is 8.92. The van der Waals surface area contributed by atoms with Crippen molar-refractivity contribution in [3.8, 4) is 17.0 Å². The zero-order chi connectivity index (χ0) is 19.3. The van der Waals surface area contributed by atoms with Gasteiger partial charge in [0.15, 0.2) is 5.82 Å². The molecular formula is C19H21F2N5O2S. The van der Waals surface area contributed by atoms with Crippen LogP contribution >= 0.6 is 13.5 Å². The minimum atomic E-state index is -2.85. The molecule has 4 rings (SSSR count). The predicted molar refractivity (Wildman–Crippen MR) is 111 cm³/mol. The number of nitrogens with zero attached hydrogens (tertiary/aromatic N) is 3. The van der Waals surface area contributed by atoms with E-state index in [-0.39, 0.29) is 25.3 Å². The summed E-state index contributed by atoms with van der Waals surface area (Å²) >= 11 is 0. The van der Waals surface area contributed by atoms with Crippen molar-refractivity contribution in [1.29, 1.82) is 0 Å². The van der Waals surface area contributed by atoms with E-state index in [1.165, 1.54) is 12.1 Å². The van der Waals surface area contributed by atoms with E-state index < -0.39 is 6.61 Å². The van der Waals surface area contributed by atoms with Crippen LogP contribution in [0.4, 0.5) is 14.6 Å². The molecule has 0 bridgehead atoms. The van der Waals surface area contributed by atoms with Crippen LogP contribution < -0.4 is 15.4 Å². The maximum atomic E-state index is 12.3. The van der Waals surface area contributed by atoms with Crippen LogP contribution in [-0.2, 0) is 4.74 Å². The topological polar surface area (TPSA) is 81.2 Å². The second kappa shape index (κ2) is 9.77. The molecule has 0 radical (unpaired) electrons. The van der Waals surface area contributed by atoms with Gasteiger partial charge in [0.05, 0.1) is 23.9 Å². The first kappa shape index (κ1) is 21.2. The molecule has 0 unspecified atom stereocenters. The van der Waals surface area contributed by atoms with Gasteiger partial charge in [0, 0.05) is 37.6 Å². The number of halogens is 2. The van der Waals surface area contributed by atoms with E-state index in [4.69, 9.17) is 4.74 Å². The molecule has 0 spiro atoms. The van der Waals surface area contributed by atoms with Crippen molar-refractivity contribution in [2.24, 2.45) is 0 Å². The molecule has 2 aromatic heterocycles. The molecule has 3 heterocycles. The lowest BCUT2D eigenvalue weighted by Gasteiger charge is -2.24. The summed E-state index contributed by atoms with van der Waals surface area (Å²) in [6.07, 6.45) is 3.27. The standard InChI is InChI=1S/C19H19F2N5O2.H2S/c20-19(21)28-13-3-1-12(2-4-13)15-9-16-17(24-6-5-23-16)18(26-15)25-11-14-10-22-7-8-27-14;/h1-6,9,14,19,22H,7-8,10-11H2,(H,25,26);1H2/t14-;/m0./s1. The number of hydrogen-bond acceptors (Lipinski definition) is 7. The number of pyridine rings is 1. The van der Waals surface area contributed by atoms with Gasteiger partial charge in [0.25, 0.3) is 0 Å². The fourth-order valence-corrected chi connectivity index (χ4v) is 3.01. The molecule has 0 amide bonds. The average molecular weight is 421 g/mol. The molecule has 1 aromatic carbocycles. The Labute approximate surface area is 173 Å². The molecule has 1 aliphatic rings. The van der Waals surface area contributed by atoms with Gasteiger partial charge in [0.1, 0.15) is 11.3 Å². The van der Waals surface area contributed by atoms with Gasteiger partial charge in [-0.25, -0.2) is 9.97 Å². The van der Waals surface area contributed by atoms with Crippen LogP contribution in [0.3, 0.4) is 0 Å². The summed E-state index contributed by atoms with van der Waals surface area (Å²) in [5, 5.41) is 6.59. The highest BCUT2D eigenvalue weighted by atomic mass is 32.1. The molecule has 29 heavy (non-hydrogen) atoms. The fourth-order valence-electron chi connectivity index (χ4n) is 3.01. The summed E-state index contributed by atoms with van der Waals surface area (Å²) in [5.41, 5.74) is 2.76. The van der Waals surface area contributed by atoms with Crippen molar-refractivity contribution in [2.75, 3.05) is 31.6 Å². The Morgan fingerprint density at radius 2 is 2.00 bits per heavy atom. The Kier molecular flexibility index (Phi) is 7.13. The van der Waals surface area contributed by atoms with Gasteiger partial charge in [-0.2, -0.15) is 22.3 Å². The molecule has 10 heteroatoms. The Hall–Kier alpha value is -2.56. The van der Waals surface area contributed by atoms with Crippen LogP contribution in [0, 0.1) is 0 Å². The van der Waals surface area contributed by atoms with Gasteiger partial charge in [-0.15, -0.1) is 0 Å². The van der Waals surface area contributed by atoms with E-state index in [0.29, 0.717) is 35.7 Å². The normalized spacial score (nSPS) is 16.4. The molecule has 7 nitrogen and oxygen atoms in total. The lowest BCUT2D eigenvalue weighted by atomic mass is 10.1. The highest BCUT2D eigenvalue weighted by molar-refractivity contribution is 7.59. The van der Waals surface area contributed by atoms with Crippen LogP contribution in [0.1, 0.15) is 0 Å². The Bertz CT molecular complexity index is 940. The molecule has 3 aromatic rings. The Balaban J connectivity index is 0.00000240. The number of rotatable bonds is 6. The van der Waals surface area contributed by atoms with Gasteiger partial charge in [0.2, 0.25) is 0 Å². The molecular weight excluding hydrogens is 400 g/mol. The van der Waals surface area contributed by atoms with Crippen LogP contribution in [0.2, 0.25) is 0 Å². The molecule has 2 N–H and O–H groups in total. The first-order valence-electron chi connectivity index (χ1n) is 8.92. The number of nitrogens with one attached hydrogen (secondary N) is 2. The Morgan fingerprint density at radius 3 is 2.72 bits per heavy atom. The minimum Gasteiger partial charge on any atom is -0.435 e. The maximum Gasteiger partial charge on any atom is 0.387 e. The minimum absolute atomic E-state index is 0. The number of alkyl halides is 2. The summed E-state index contributed by atoms with van der Waals surface area (Å²) in [6, 6.07) is 8.15. The zero-order valence-electron chi connectivity index (χ0n) is 15.4. The van der Waals surface area contributed by atoms with E-state index in [2.05, 4.69) is 30.3 Å². The summed E-state index contributed by atoms with van der Waals surface area (Å²) < 4.78 is 34.8. The summed E-state index contributed by atoms with van der Waals surface area (Å²) in [7, 11) is 0. The number of benzene rings is 1. The van der Waals surface area contributed by atoms with E-state index >= 15 is 0 Å². The smallest absolute Gasteiger partial charge is 0.387 e. The molecule has 1 atom stereocenters. The van der Waals surface area contributed by atoms with Gasteiger partial charge < -0.3 is 20.1 Å². The maximum absolute atomic E-state index is 12.3. The number of hydrogen-bond donors (Lipinski definition) is 2. The van der Waals surface area contributed by atoms with Crippen LogP contribution in [0.25, 0.3) is 22.3 Å².